The molecule has 0 bridgehead atoms. The molecule has 1 aliphatic rings. The van der Waals surface area contributed by atoms with Gasteiger partial charge in [0.05, 0.1) is 11.0 Å². The molecule has 8 aromatic rings. The SMILES string of the molecule is c1ccc(-n2c3cc4c(cc3c3ccc5c(c6cccnc6n6ccnc56)c32)Cc2ccccc2-4)cc1. The highest BCUT2D eigenvalue weighted by Crippen LogP contribution is 2.45. The maximum atomic E-state index is 4.78. The lowest BCUT2D eigenvalue weighted by Crippen LogP contribution is -1.97. The number of rotatable bonds is 1. The molecule has 1 aliphatic carbocycles. The van der Waals surface area contributed by atoms with Gasteiger partial charge in [0.1, 0.15) is 11.3 Å². The third-order valence-electron chi connectivity index (χ3n) is 8.02. The van der Waals surface area contributed by atoms with E-state index in [1.165, 1.54) is 49.4 Å². The topological polar surface area (TPSA) is 35.1 Å². The van der Waals surface area contributed by atoms with Crippen LogP contribution in [0.1, 0.15) is 11.1 Å². The number of hydrogen-bond acceptors (Lipinski definition) is 2. The fraction of sp³-hybridized carbons (Fsp3) is 0.0303. The van der Waals surface area contributed by atoms with Crippen molar-refractivity contribution in [2.75, 3.05) is 0 Å². The summed E-state index contributed by atoms with van der Waals surface area (Å²) in [6.45, 7) is 0. The Morgan fingerprint density at radius 1 is 0.595 bits per heavy atom. The van der Waals surface area contributed by atoms with E-state index in [1.54, 1.807) is 0 Å². The summed E-state index contributed by atoms with van der Waals surface area (Å²) in [4.78, 5) is 9.53. The van der Waals surface area contributed by atoms with Gasteiger partial charge in [-0.1, -0.05) is 48.5 Å². The van der Waals surface area contributed by atoms with Gasteiger partial charge in [-0.3, -0.25) is 4.40 Å². The first-order valence-corrected chi connectivity index (χ1v) is 12.6. The Morgan fingerprint density at radius 2 is 1.38 bits per heavy atom. The van der Waals surface area contributed by atoms with Crippen molar-refractivity contribution in [2.45, 2.75) is 6.42 Å². The summed E-state index contributed by atoms with van der Waals surface area (Å²) in [5.74, 6) is 0. The lowest BCUT2D eigenvalue weighted by molar-refractivity contribution is 1.18. The number of pyridine rings is 2. The Kier molecular flexibility index (Phi) is 3.55. The Bertz CT molecular complexity index is 2220. The van der Waals surface area contributed by atoms with Crippen LogP contribution in [0.15, 0.2) is 110 Å². The smallest absolute Gasteiger partial charge is 0.146 e. The molecule has 0 spiro atoms. The first-order valence-electron chi connectivity index (χ1n) is 12.6. The molecule has 0 unspecified atom stereocenters. The van der Waals surface area contributed by atoms with E-state index in [1.807, 2.05) is 24.7 Å². The van der Waals surface area contributed by atoms with Crippen LogP contribution in [0.5, 0.6) is 0 Å². The van der Waals surface area contributed by atoms with Gasteiger partial charge in [0.15, 0.2) is 0 Å². The summed E-state index contributed by atoms with van der Waals surface area (Å²) >= 11 is 0. The maximum Gasteiger partial charge on any atom is 0.146 e. The second kappa shape index (κ2) is 6.83. The van der Waals surface area contributed by atoms with E-state index in [0.717, 1.165) is 34.2 Å². The van der Waals surface area contributed by atoms with Crippen molar-refractivity contribution in [3.8, 4) is 16.8 Å². The summed E-state index contributed by atoms with van der Waals surface area (Å²) in [7, 11) is 0. The van der Waals surface area contributed by atoms with Gasteiger partial charge in [-0.2, -0.15) is 0 Å². The van der Waals surface area contributed by atoms with Crippen LogP contribution in [-0.4, -0.2) is 18.9 Å². The van der Waals surface area contributed by atoms with E-state index in [9.17, 15) is 0 Å². The van der Waals surface area contributed by atoms with Crippen LogP contribution in [0, 0.1) is 0 Å². The van der Waals surface area contributed by atoms with Gasteiger partial charge in [-0.05, 0) is 71.1 Å². The third kappa shape index (κ3) is 2.42. The molecule has 4 heteroatoms. The maximum absolute atomic E-state index is 4.78. The Labute approximate surface area is 212 Å². The predicted octanol–water partition coefficient (Wildman–Crippen LogP) is 7.70. The average Bonchev–Trinajstić information content (AvgIpc) is 3.66. The van der Waals surface area contributed by atoms with Crippen molar-refractivity contribution in [3.63, 3.8) is 0 Å². The molecular formula is C33H20N4. The molecule has 4 aromatic heterocycles. The molecule has 0 aliphatic heterocycles. The molecule has 9 rings (SSSR count). The molecule has 0 N–H and O–H groups in total. The molecule has 0 radical (unpaired) electrons. The van der Waals surface area contributed by atoms with Crippen LogP contribution in [0.4, 0.5) is 0 Å². The summed E-state index contributed by atoms with van der Waals surface area (Å²) < 4.78 is 4.55. The van der Waals surface area contributed by atoms with E-state index in [2.05, 4.69) is 93.9 Å². The molecule has 172 valence electrons. The number of aromatic nitrogens is 4. The van der Waals surface area contributed by atoms with E-state index in [4.69, 9.17) is 9.97 Å². The quantitative estimate of drug-likeness (QED) is 0.229. The van der Waals surface area contributed by atoms with Crippen molar-refractivity contribution in [1.82, 2.24) is 18.9 Å². The van der Waals surface area contributed by atoms with Crippen molar-refractivity contribution in [1.29, 1.82) is 0 Å². The lowest BCUT2D eigenvalue weighted by atomic mass is 10.0. The zero-order valence-electron chi connectivity index (χ0n) is 19.9. The number of hydrogen-bond donors (Lipinski definition) is 0. The van der Waals surface area contributed by atoms with Gasteiger partial charge < -0.3 is 4.57 Å². The van der Waals surface area contributed by atoms with Crippen LogP contribution in [0.3, 0.4) is 0 Å². The number of benzene rings is 4. The lowest BCUT2D eigenvalue weighted by Gasteiger charge is -2.13. The van der Waals surface area contributed by atoms with Crippen molar-refractivity contribution >= 4 is 49.3 Å². The zero-order valence-corrected chi connectivity index (χ0v) is 19.9. The molecular weight excluding hydrogens is 452 g/mol. The monoisotopic (exact) mass is 472 g/mol. The minimum Gasteiger partial charge on any atom is -0.309 e. The summed E-state index contributed by atoms with van der Waals surface area (Å²) in [5.41, 5.74) is 10.9. The van der Waals surface area contributed by atoms with E-state index >= 15 is 0 Å². The molecule has 0 fully saturated rings. The van der Waals surface area contributed by atoms with Crippen LogP contribution in [0.25, 0.3) is 66.1 Å². The molecule has 0 saturated carbocycles. The van der Waals surface area contributed by atoms with Crippen molar-refractivity contribution < 1.29 is 0 Å². The minimum atomic E-state index is 0.927. The van der Waals surface area contributed by atoms with E-state index < -0.39 is 0 Å². The average molecular weight is 473 g/mol. The number of nitrogens with zero attached hydrogens (tertiary/aromatic N) is 4. The van der Waals surface area contributed by atoms with Crippen molar-refractivity contribution in [2.24, 2.45) is 0 Å². The van der Waals surface area contributed by atoms with E-state index in [-0.39, 0.29) is 0 Å². The first kappa shape index (κ1) is 19.3. The minimum absolute atomic E-state index is 0.927. The Hall–Kier alpha value is -4.96. The highest BCUT2D eigenvalue weighted by Gasteiger charge is 2.24. The predicted molar refractivity (Wildman–Crippen MR) is 151 cm³/mol. The van der Waals surface area contributed by atoms with E-state index in [0.29, 0.717) is 0 Å². The van der Waals surface area contributed by atoms with Gasteiger partial charge in [-0.15, -0.1) is 0 Å². The summed E-state index contributed by atoms with van der Waals surface area (Å²) in [6, 6.07) is 33.1. The highest BCUT2D eigenvalue weighted by molar-refractivity contribution is 6.27. The molecule has 0 amide bonds. The largest absolute Gasteiger partial charge is 0.309 e. The second-order valence-corrected chi connectivity index (χ2v) is 9.91. The molecule has 37 heavy (non-hydrogen) atoms. The van der Waals surface area contributed by atoms with Crippen LogP contribution in [0.2, 0.25) is 0 Å². The fourth-order valence-electron chi connectivity index (χ4n) is 6.50. The normalized spacial score (nSPS) is 12.8. The van der Waals surface area contributed by atoms with Gasteiger partial charge in [-0.25, -0.2) is 9.97 Å². The Balaban J connectivity index is 1.56. The van der Waals surface area contributed by atoms with Gasteiger partial charge in [0, 0.05) is 51.2 Å². The van der Waals surface area contributed by atoms with Gasteiger partial charge >= 0.3 is 0 Å². The van der Waals surface area contributed by atoms with Gasteiger partial charge in [0.25, 0.3) is 0 Å². The molecule has 0 atom stereocenters. The standard InChI is InChI=1S/C33H20N4/c1-2-8-22(9-3-1)37-29-19-27-21(17-20-7-4-5-10-23(20)27)18-28(29)24-12-13-26-30(31(24)37)25-11-6-14-34-32(25)36-16-15-35-33(26)36/h1-16,18-19H,17H2. The second-order valence-electron chi connectivity index (χ2n) is 9.91. The van der Waals surface area contributed by atoms with Crippen LogP contribution >= 0.6 is 0 Å². The van der Waals surface area contributed by atoms with Crippen molar-refractivity contribution in [3.05, 3.63) is 121 Å². The molecule has 4 heterocycles. The fourth-order valence-corrected chi connectivity index (χ4v) is 6.50. The van der Waals surface area contributed by atoms with Crippen LogP contribution < -0.4 is 0 Å². The van der Waals surface area contributed by atoms with Gasteiger partial charge in [0.2, 0.25) is 0 Å². The molecule has 0 saturated heterocycles. The summed E-state index contributed by atoms with van der Waals surface area (Å²) in [6.07, 6.45) is 6.71. The van der Waals surface area contributed by atoms with Crippen LogP contribution in [-0.2, 0) is 6.42 Å². The number of fused-ring (bicyclic) bond motifs is 13. The first-order chi connectivity index (χ1) is 18.4. The number of para-hydroxylation sites is 1. The zero-order chi connectivity index (χ0) is 24.1. The third-order valence-corrected chi connectivity index (χ3v) is 8.02. The number of imidazole rings is 1. The Morgan fingerprint density at radius 3 is 2.30 bits per heavy atom. The summed E-state index contributed by atoms with van der Waals surface area (Å²) in [5, 5.41) is 6.00. The molecule has 4 aromatic carbocycles. The highest BCUT2D eigenvalue weighted by atomic mass is 15.0. The molecule has 4 nitrogen and oxygen atoms in total.